The monoisotopic (exact) mass is 1980 g/mol. The third-order valence-corrected chi connectivity index (χ3v) is 21.9. The van der Waals surface area contributed by atoms with Gasteiger partial charge >= 0.3 is 36.9 Å². The van der Waals surface area contributed by atoms with Crippen LogP contribution in [0.5, 0.6) is 6.01 Å². The lowest BCUT2D eigenvalue weighted by Gasteiger charge is -2.11. The molecule has 8 aromatic carbocycles. The molecule has 0 aliphatic carbocycles. The van der Waals surface area contributed by atoms with E-state index in [0.29, 0.717) is 123 Å². The van der Waals surface area contributed by atoms with E-state index in [0.717, 1.165) is 147 Å². The van der Waals surface area contributed by atoms with Crippen LogP contribution in [0, 0.1) is 6.92 Å². The Morgan fingerprint density at radius 3 is 0.965 bits per heavy atom. The van der Waals surface area contributed by atoms with Crippen molar-refractivity contribution in [3.05, 3.63) is 338 Å². The molecule has 0 aliphatic heterocycles. The first-order valence-electron chi connectivity index (χ1n) is 43.9. The largest absolute Gasteiger partial charge is 0.465 e. The third kappa shape index (κ3) is 24.1. The van der Waals surface area contributed by atoms with Crippen molar-refractivity contribution in [2.45, 2.75) is 96.3 Å². The van der Waals surface area contributed by atoms with Crippen LogP contribution in [0.4, 0.5) is 123 Å². The van der Waals surface area contributed by atoms with Crippen LogP contribution in [-0.4, -0.2) is 120 Å². The number of unbranched alkanes of at least 4 members (excludes halogenated alkanes) is 1. The molecule has 0 saturated carbocycles. The number of rotatable bonds is 23. The maximum Gasteiger partial charge on any atom is 0.416 e. The molecule has 0 saturated heterocycles. The molecule has 0 atom stereocenters. The molecule has 5 N–H and O–H groups in total. The molecule has 143 heavy (non-hydrogen) atoms. The zero-order chi connectivity index (χ0) is 101. The van der Waals surface area contributed by atoms with Crippen molar-refractivity contribution >= 4 is 125 Å². The highest BCUT2D eigenvalue weighted by molar-refractivity contribution is 7.99. The lowest BCUT2D eigenvalue weighted by atomic mass is 10.2. The number of aryl methyl sites for hydroxylation is 3. The van der Waals surface area contributed by atoms with Gasteiger partial charge in [-0.25, -0.2) is 59.4 Å². The summed E-state index contributed by atoms with van der Waals surface area (Å²) >= 11 is 1.59. The Bertz CT molecular complexity index is 7590. The van der Waals surface area contributed by atoms with E-state index >= 15 is 0 Å². The SMILES string of the molecule is CCCCc1nc2ccccc2n1-c1cncc(Nc2ccc(C(F)(F)F)cc2)n1.CCOc1nc2ccccc2n1-c1cncc(Nc2ccc(C(F)(F)F)cc2)n1.CCSc1nc2ccccc2n1-c1cncc(Nc2ccc(C(F)(F)F)cc2)n1.CCc1nc2ncccc2n1-c1cncc(Nc2ccc(C(F)(F)F)cc2)n1.Cc1nc2ncccc2n1-c1cncc(Nc2ccc(C(F)(F)F)cc2)n1. The number of pyridine rings is 2. The molecule has 0 fully saturated rings. The number of para-hydroxylation sites is 6. The summed E-state index contributed by atoms with van der Waals surface area (Å²) in [6, 6.07) is 54.6. The molecule has 28 nitrogen and oxygen atoms in total. The third-order valence-electron chi connectivity index (χ3n) is 21.1. The first kappa shape index (κ1) is 98.9. The molecular weight excluding hydrogens is 1900 g/mol. The Hall–Kier alpha value is -17.1. The van der Waals surface area contributed by atoms with Crippen molar-refractivity contribution in [1.29, 1.82) is 0 Å². The van der Waals surface area contributed by atoms with Gasteiger partial charge in [-0.2, -0.15) is 70.8 Å². The maximum atomic E-state index is 12.8. The zero-order valence-corrected chi connectivity index (χ0v) is 76.6. The fraction of sp³-hybridized carbons (Fsp3) is 0.162. The van der Waals surface area contributed by atoms with Crippen molar-refractivity contribution in [2.24, 2.45) is 0 Å². The molecule has 12 aromatic heterocycles. The number of nitrogens with zero attached hydrogens (tertiary/aromatic N) is 22. The lowest BCUT2D eigenvalue weighted by molar-refractivity contribution is -0.138. The summed E-state index contributed by atoms with van der Waals surface area (Å²) in [7, 11) is 0. The summed E-state index contributed by atoms with van der Waals surface area (Å²) in [6.07, 6.45) is 0.588. The fourth-order valence-corrected chi connectivity index (χ4v) is 15.3. The van der Waals surface area contributed by atoms with E-state index in [1.807, 2.05) is 137 Å². The minimum Gasteiger partial charge on any atom is -0.465 e. The predicted molar refractivity (Wildman–Crippen MR) is 513 cm³/mol. The molecule has 20 rings (SSSR count). The van der Waals surface area contributed by atoms with E-state index in [1.165, 1.54) is 91.6 Å². The number of anilines is 10. The van der Waals surface area contributed by atoms with E-state index < -0.39 is 58.7 Å². The summed E-state index contributed by atoms with van der Waals surface area (Å²) in [6.45, 7) is 10.3. The van der Waals surface area contributed by atoms with Crippen LogP contribution in [-0.2, 0) is 43.7 Å². The molecule has 20 aromatic rings. The molecule has 0 aliphatic rings. The highest BCUT2D eigenvalue weighted by Crippen LogP contribution is 2.39. The van der Waals surface area contributed by atoms with Crippen LogP contribution in [0.15, 0.2) is 298 Å². The normalized spacial score (nSPS) is 11.7. The first-order chi connectivity index (χ1) is 68.7. The number of benzene rings is 8. The Kier molecular flexibility index (Phi) is 29.8. The number of fused-ring (bicyclic) bond motifs is 5. The average Bonchev–Trinajstić information content (AvgIpc) is 1.64. The Morgan fingerprint density at radius 1 is 0.301 bits per heavy atom. The number of alkyl halides is 15. The van der Waals surface area contributed by atoms with Gasteiger partial charge in [0, 0.05) is 53.7 Å². The number of hydrogen-bond donors (Lipinski definition) is 5. The summed E-state index contributed by atoms with van der Waals surface area (Å²) < 4.78 is 206. The number of thioether (sulfide) groups is 1. The molecule has 0 radical (unpaired) electrons. The van der Waals surface area contributed by atoms with Crippen molar-refractivity contribution in [1.82, 2.24) is 108 Å². The van der Waals surface area contributed by atoms with Crippen LogP contribution in [0.1, 0.15) is 85.8 Å². The molecule has 12 heterocycles. The van der Waals surface area contributed by atoms with Crippen LogP contribution < -0.4 is 31.3 Å². The topological polar surface area (TPSA) is 313 Å². The van der Waals surface area contributed by atoms with Crippen molar-refractivity contribution < 1.29 is 70.6 Å². The number of aromatic nitrogens is 22. The second-order valence-electron chi connectivity index (χ2n) is 31.0. The van der Waals surface area contributed by atoms with Gasteiger partial charge in [-0.15, -0.1) is 0 Å². The van der Waals surface area contributed by atoms with E-state index in [4.69, 9.17) is 9.72 Å². The van der Waals surface area contributed by atoms with Crippen LogP contribution >= 0.6 is 11.8 Å². The predicted octanol–water partition coefficient (Wildman–Crippen LogP) is 25.4. The van der Waals surface area contributed by atoms with E-state index in [2.05, 4.69) is 113 Å². The van der Waals surface area contributed by atoms with Gasteiger partial charge in [0.25, 0.3) is 0 Å². The van der Waals surface area contributed by atoms with Crippen molar-refractivity contribution in [3.63, 3.8) is 0 Å². The molecule has 0 unspecified atom stereocenters. The molecule has 0 spiro atoms. The van der Waals surface area contributed by atoms with Gasteiger partial charge in [-0.3, -0.25) is 43.2 Å². The van der Waals surface area contributed by atoms with Gasteiger partial charge in [0.1, 0.15) is 17.5 Å². The number of nitrogens with one attached hydrogen (secondary N) is 5. The summed E-state index contributed by atoms with van der Waals surface area (Å²) in [5, 5.41) is 15.7. The molecular formula is C99H80F15N27OS. The van der Waals surface area contributed by atoms with Gasteiger partial charge in [-0.05, 0) is 208 Å². The van der Waals surface area contributed by atoms with Gasteiger partial charge in [0.2, 0.25) is 0 Å². The fourth-order valence-electron chi connectivity index (χ4n) is 14.6. The second kappa shape index (κ2) is 43.1. The zero-order valence-electron chi connectivity index (χ0n) is 75.8. The van der Waals surface area contributed by atoms with Crippen LogP contribution in [0.25, 0.3) is 84.5 Å². The highest BCUT2D eigenvalue weighted by atomic mass is 32.2. The van der Waals surface area contributed by atoms with Crippen molar-refractivity contribution in [2.75, 3.05) is 38.9 Å². The standard InChI is InChI=1S/C22H20F3N5.C20H16F3N5O.C20H16F3N5S.C19H15F3N6.C18H13F3N6/c1-2-3-8-20-28-17-6-4-5-7-18(17)30(20)21-14-26-13-19(29-21)27-16-11-9-15(10-12-16)22(23,24)25;2*1-2-29-19-26-15-5-3-4-6-16(15)28(19)18-12-24-11-17(27-18)25-14-9-7-13(8-10-14)20(21,22)23;1-2-16-27-18-14(4-3-9-24-18)28(16)17-11-23-10-15(26-17)25-13-7-5-12(6-8-13)19(20,21)22;1-11-24-17-14(3-2-8-23-17)27(11)16-10-22-9-15(26-16)25-13-6-4-12(5-7-13)18(19,20)21/h4-7,9-14H,2-3,8H2,1H3,(H,27,29);2*3-12H,2H2,1H3,(H,25,27);3-11H,2H2,1H3,(H,25,26);2-10H,1H3,(H,25,26). The first-order valence-corrected chi connectivity index (χ1v) is 44.8. The molecule has 728 valence electrons. The number of ether oxygens (including phenoxy) is 1. The molecule has 0 amide bonds. The smallest absolute Gasteiger partial charge is 0.416 e. The number of imidazole rings is 5. The van der Waals surface area contributed by atoms with Gasteiger partial charge in [-0.1, -0.05) is 75.4 Å². The average molecular weight is 1980 g/mol. The Balaban J connectivity index is 0.000000128. The van der Waals surface area contributed by atoms with Gasteiger partial charge in [0.15, 0.2) is 74.6 Å². The van der Waals surface area contributed by atoms with E-state index in [9.17, 15) is 65.9 Å². The molecule has 44 heteroatoms. The Labute approximate surface area is 807 Å². The van der Waals surface area contributed by atoms with Gasteiger partial charge < -0.3 is 31.3 Å². The summed E-state index contributed by atoms with van der Waals surface area (Å²) in [4.78, 5) is 75.1. The van der Waals surface area contributed by atoms with Crippen molar-refractivity contribution in [3.8, 4) is 35.1 Å². The lowest BCUT2D eigenvalue weighted by Crippen LogP contribution is -2.06. The number of hydrogen-bond acceptors (Lipinski definition) is 24. The summed E-state index contributed by atoms with van der Waals surface area (Å²) in [5.41, 5.74) is 6.81. The van der Waals surface area contributed by atoms with Crippen LogP contribution in [0.3, 0.4) is 0 Å². The number of halogens is 15. The second-order valence-corrected chi connectivity index (χ2v) is 32.2. The summed E-state index contributed by atoms with van der Waals surface area (Å²) in [5.74, 6) is 8.00. The highest BCUT2D eigenvalue weighted by Gasteiger charge is 2.35. The van der Waals surface area contributed by atoms with Crippen LogP contribution in [0.2, 0.25) is 0 Å². The van der Waals surface area contributed by atoms with E-state index in [-0.39, 0.29) is 0 Å². The maximum absolute atomic E-state index is 12.8. The minimum atomic E-state index is -4.38. The van der Waals surface area contributed by atoms with E-state index in [1.54, 1.807) is 65.8 Å². The minimum absolute atomic E-state index is 0.377. The molecule has 0 bridgehead atoms. The Morgan fingerprint density at radius 2 is 0.608 bits per heavy atom. The quantitative estimate of drug-likeness (QED) is 0.0293. The van der Waals surface area contributed by atoms with Gasteiger partial charge in [0.05, 0.1) is 141 Å².